The van der Waals surface area contributed by atoms with Gasteiger partial charge in [-0.25, -0.2) is 4.39 Å². The van der Waals surface area contributed by atoms with Crippen molar-refractivity contribution in [2.75, 3.05) is 0 Å². The van der Waals surface area contributed by atoms with Crippen LogP contribution in [0.1, 0.15) is 36.5 Å². The van der Waals surface area contributed by atoms with Crippen LogP contribution in [0, 0.1) is 5.82 Å². The van der Waals surface area contributed by atoms with E-state index < -0.39 is 0 Å². The van der Waals surface area contributed by atoms with Crippen LogP contribution in [-0.2, 0) is 0 Å². The number of carbonyl (C=O) groups is 1. The molecule has 1 rings (SSSR count). The number of rotatable bonds is 4. The van der Waals surface area contributed by atoms with E-state index in [1.54, 1.807) is 0 Å². The molecule has 0 aliphatic carbocycles. The Bertz CT molecular complexity index is 336. The van der Waals surface area contributed by atoms with E-state index in [0.717, 1.165) is 12.8 Å². The van der Waals surface area contributed by atoms with Crippen molar-refractivity contribution in [3.05, 3.63) is 34.1 Å². The van der Waals surface area contributed by atoms with Gasteiger partial charge in [0, 0.05) is 12.0 Å². The average molecular weight is 259 g/mol. The molecule has 0 bridgehead atoms. The Labute approximate surface area is 91.5 Å². The molecule has 0 aromatic heterocycles. The first-order chi connectivity index (χ1) is 6.65. The minimum absolute atomic E-state index is 0.0764. The highest BCUT2D eigenvalue weighted by molar-refractivity contribution is 9.10. The molecule has 0 saturated heterocycles. The molecule has 0 aliphatic rings. The summed E-state index contributed by atoms with van der Waals surface area (Å²) in [6.07, 6.45) is 2.41. The molecule has 1 aromatic rings. The summed E-state index contributed by atoms with van der Waals surface area (Å²) in [4.78, 5) is 11.5. The molecule has 0 N–H and O–H groups in total. The summed E-state index contributed by atoms with van der Waals surface area (Å²) >= 11 is 3.06. The lowest BCUT2D eigenvalue weighted by molar-refractivity contribution is 0.0979. The van der Waals surface area contributed by atoms with Crippen molar-refractivity contribution in [2.24, 2.45) is 0 Å². The van der Waals surface area contributed by atoms with Crippen molar-refractivity contribution in [1.82, 2.24) is 0 Å². The molecule has 0 unspecified atom stereocenters. The molecule has 0 spiro atoms. The first-order valence-electron chi connectivity index (χ1n) is 4.63. The van der Waals surface area contributed by atoms with Crippen LogP contribution >= 0.6 is 15.9 Å². The molecular weight excluding hydrogens is 247 g/mol. The molecule has 1 aromatic carbocycles. The van der Waals surface area contributed by atoms with Gasteiger partial charge < -0.3 is 0 Å². The highest BCUT2D eigenvalue weighted by atomic mass is 79.9. The Kier molecular flexibility index (Phi) is 4.26. The smallest absolute Gasteiger partial charge is 0.162 e. The van der Waals surface area contributed by atoms with Crippen molar-refractivity contribution in [2.45, 2.75) is 26.2 Å². The van der Waals surface area contributed by atoms with Gasteiger partial charge in [0.25, 0.3) is 0 Å². The van der Waals surface area contributed by atoms with Gasteiger partial charge in [0.05, 0.1) is 4.47 Å². The maximum absolute atomic E-state index is 12.9. The second-order valence-electron chi connectivity index (χ2n) is 3.16. The zero-order valence-corrected chi connectivity index (χ0v) is 9.60. The van der Waals surface area contributed by atoms with Crippen LogP contribution in [0.2, 0.25) is 0 Å². The Balaban J connectivity index is 2.76. The highest BCUT2D eigenvalue weighted by Crippen LogP contribution is 2.18. The van der Waals surface area contributed by atoms with Gasteiger partial charge in [0.1, 0.15) is 5.82 Å². The predicted octanol–water partition coefficient (Wildman–Crippen LogP) is 3.96. The van der Waals surface area contributed by atoms with Crippen molar-refractivity contribution >= 4 is 21.7 Å². The third-order valence-electron chi connectivity index (χ3n) is 2.00. The molecule has 0 aliphatic heterocycles. The summed E-state index contributed by atoms with van der Waals surface area (Å²) in [5.74, 6) is -0.260. The number of benzene rings is 1. The fourth-order valence-corrected chi connectivity index (χ4v) is 1.53. The zero-order chi connectivity index (χ0) is 10.6. The number of carbonyl (C=O) groups excluding carboxylic acids is 1. The maximum atomic E-state index is 12.9. The number of Topliss-reactive ketones (excluding diaryl/α,β-unsaturated/α-hetero) is 1. The fourth-order valence-electron chi connectivity index (χ4n) is 1.15. The van der Waals surface area contributed by atoms with Gasteiger partial charge in [-0.1, -0.05) is 13.3 Å². The van der Waals surface area contributed by atoms with Crippen LogP contribution < -0.4 is 0 Å². The van der Waals surface area contributed by atoms with E-state index in [1.165, 1.54) is 18.2 Å². The van der Waals surface area contributed by atoms with Crippen molar-refractivity contribution in [3.8, 4) is 0 Å². The molecule has 0 saturated carbocycles. The van der Waals surface area contributed by atoms with Crippen molar-refractivity contribution in [3.63, 3.8) is 0 Å². The number of halogens is 2. The summed E-state index contributed by atoms with van der Waals surface area (Å²) in [6, 6.07) is 4.37. The second-order valence-corrected chi connectivity index (χ2v) is 4.01. The third kappa shape index (κ3) is 2.91. The maximum Gasteiger partial charge on any atom is 0.162 e. The van der Waals surface area contributed by atoms with Crippen molar-refractivity contribution in [1.29, 1.82) is 0 Å². The van der Waals surface area contributed by atoms with Gasteiger partial charge in [-0.15, -0.1) is 0 Å². The lowest BCUT2D eigenvalue weighted by atomic mass is 10.1. The van der Waals surface area contributed by atoms with Gasteiger partial charge in [-0.05, 0) is 40.5 Å². The third-order valence-corrected chi connectivity index (χ3v) is 2.61. The van der Waals surface area contributed by atoms with E-state index in [4.69, 9.17) is 0 Å². The molecule has 0 heterocycles. The lowest BCUT2D eigenvalue weighted by Crippen LogP contribution is -1.98. The predicted molar refractivity (Wildman–Crippen MR) is 58.0 cm³/mol. The zero-order valence-electron chi connectivity index (χ0n) is 8.02. The summed E-state index contributed by atoms with van der Waals surface area (Å²) in [6.45, 7) is 2.04. The molecule has 0 fully saturated rings. The number of hydrogen-bond acceptors (Lipinski definition) is 1. The molecule has 76 valence electrons. The van der Waals surface area contributed by atoms with Crippen LogP contribution in [0.25, 0.3) is 0 Å². The van der Waals surface area contributed by atoms with E-state index in [1.807, 2.05) is 6.92 Å². The topological polar surface area (TPSA) is 17.1 Å². The van der Waals surface area contributed by atoms with Crippen LogP contribution in [0.3, 0.4) is 0 Å². The Morgan fingerprint density at radius 1 is 1.50 bits per heavy atom. The first kappa shape index (κ1) is 11.4. The fraction of sp³-hybridized carbons (Fsp3) is 0.364. The largest absolute Gasteiger partial charge is 0.294 e. The number of hydrogen-bond donors (Lipinski definition) is 0. The second kappa shape index (κ2) is 5.25. The Morgan fingerprint density at radius 2 is 2.21 bits per heavy atom. The Morgan fingerprint density at radius 3 is 2.79 bits per heavy atom. The molecule has 1 nitrogen and oxygen atoms in total. The minimum atomic E-state index is -0.336. The van der Waals surface area contributed by atoms with Crippen LogP contribution in [0.5, 0.6) is 0 Å². The molecule has 0 atom stereocenters. The van der Waals surface area contributed by atoms with Crippen LogP contribution in [0.15, 0.2) is 22.7 Å². The average Bonchev–Trinajstić information content (AvgIpc) is 2.18. The van der Waals surface area contributed by atoms with Gasteiger partial charge in [0.15, 0.2) is 5.78 Å². The number of ketones is 1. The van der Waals surface area contributed by atoms with Crippen LogP contribution in [-0.4, -0.2) is 5.78 Å². The molecule has 14 heavy (non-hydrogen) atoms. The first-order valence-corrected chi connectivity index (χ1v) is 5.42. The summed E-state index contributed by atoms with van der Waals surface area (Å²) in [7, 11) is 0. The Hall–Kier alpha value is -0.700. The van der Waals surface area contributed by atoms with Gasteiger partial charge >= 0.3 is 0 Å². The monoisotopic (exact) mass is 258 g/mol. The molecular formula is C11H12BrFO. The SMILES string of the molecule is CCCCC(=O)c1ccc(F)c(Br)c1. The van der Waals surface area contributed by atoms with E-state index >= 15 is 0 Å². The van der Waals surface area contributed by atoms with Gasteiger partial charge in [-0.2, -0.15) is 0 Å². The molecule has 0 amide bonds. The van der Waals surface area contributed by atoms with E-state index in [9.17, 15) is 9.18 Å². The lowest BCUT2D eigenvalue weighted by Gasteiger charge is -2.01. The summed E-state index contributed by atoms with van der Waals surface area (Å²) in [5.41, 5.74) is 0.576. The van der Waals surface area contributed by atoms with Crippen molar-refractivity contribution < 1.29 is 9.18 Å². The molecule has 0 radical (unpaired) electrons. The molecule has 3 heteroatoms. The standard InChI is InChI=1S/C11H12BrFO/c1-2-3-4-11(14)8-5-6-10(13)9(12)7-8/h5-7H,2-4H2,1H3. The van der Waals surface area contributed by atoms with E-state index in [-0.39, 0.29) is 11.6 Å². The van der Waals surface area contributed by atoms with Gasteiger partial charge in [-0.3, -0.25) is 4.79 Å². The normalized spacial score (nSPS) is 10.2. The minimum Gasteiger partial charge on any atom is -0.294 e. The van der Waals surface area contributed by atoms with E-state index in [0.29, 0.717) is 16.5 Å². The van der Waals surface area contributed by atoms with E-state index in [2.05, 4.69) is 15.9 Å². The quantitative estimate of drug-likeness (QED) is 0.748. The number of unbranched alkanes of at least 4 members (excludes halogenated alkanes) is 1. The summed E-state index contributed by atoms with van der Waals surface area (Å²) in [5, 5.41) is 0. The highest BCUT2D eigenvalue weighted by Gasteiger charge is 2.07. The summed E-state index contributed by atoms with van der Waals surface area (Å²) < 4.78 is 13.2. The van der Waals surface area contributed by atoms with Gasteiger partial charge in [0.2, 0.25) is 0 Å². The van der Waals surface area contributed by atoms with Crippen LogP contribution in [0.4, 0.5) is 4.39 Å².